The molecule has 0 atom stereocenters. The summed E-state index contributed by atoms with van der Waals surface area (Å²) in [7, 11) is 1.58. The molecule has 6 nitrogen and oxygen atoms in total. The molecular formula is C20H22N4O2S. The number of rotatable bonds is 4. The van der Waals surface area contributed by atoms with E-state index in [1.807, 2.05) is 57.2 Å². The summed E-state index contributed by atoms with van der Waals surface area (Å²) >= 11 is 1.40. The number of aryl methyl sites for hydroxylation is 3. The van der Waals surface area contributed by atoms with E-state index in [4.69, 9.17) is 0 Å². The maximum Gasteiger partial charge on any atom is 0.323 e. The molecule has 140 valence electrons. The van der Waals surface area contributed by atoms with Crippen LogP contribution in [0, 0.1) is 20.8 Å². The summed E-state index contributed by atoms with van der Waals surface area (Å²) < 4.78 is 0.999. The largest absolute Gasteiger partial charge is 0.324 e. The van der Waals surface area contributed by atoms with Gasteiger partial charge in [-0.25, -0.2) is 9.78 Å². The quantitative estimate of drug-likeness (QED) is 0.705. The summed E-state index contributed by atoms with van der Waals surface area (Å²) in [6, 6.07) is 11.3. The molecule has 0 radical (unpaired) electrons. The van der Waals surface area contributed by atoms with E-state index in [1.54, 1.807) is 7.05 Å². The number of carbonyl (C=O) groups excluding carboxylic acids is 2. The lowest BCUT2D eigenvalue weighted by molar-refractivity contribution is -0.116. The molecule has 0 spiro atoms. The highest BCUT2D eigenvalue weighted by molar-refractivity contribution is 7.22. The molecule has 2 aromatic carbocycles. The lowest BCUT2D eigenvalue weighted by Gasteiger charge is -2.18. The number of thiazole rings is 1. The van der Waals surface area contributed by atoms with Gasteiger partial charge in [-0.05, 0) is 44.0 Å². The zero-order valence-corrected chi connectivity index (χ0v) is 16.6. The van der Waals surface area contributed by atoms with Crippen molar-refractivity contribution in [2.45, 2.75) is 20.8 Å². The minimum absolute atomic E-state index is 0.0521. The van der Waals surface area contributed by atoms with Crippen LogP contribution in [0.3, 0.4) is 0 Å². The molecule has 0 fully saturated rings. The number of carbonyl (C=O) groups is 2. The van der Waals surface area contributed by atoms with Crippen molar-refractivity contribution in [3.8, 4) is 0 Å². The fourth-order valence-electron chi connectivity index (χ4n) is 2.96. The van der Waals surface area contributed by atoms with Crippen molar-refractivity contribution in [2.75, 3.05) is 24.2 Å². The van der Waals surface area contributed by atoms with Crippen LogP contribution >= 0.6 is 11.3 Å². The fourth-order valence-corrected chi connectivity index (χ4v) is 3.81. The Balaban J connectivity index is 1.61. The van der Waals surface area contributed by atoms with Gasteiger partial charge in [0.2, 0.25) is 5.91 Å². The fraction of sp³-hybridized carbons (Fsp3) is 0.250. The molecule has 0 aliphatic carbocycles. The first-order valence-electron chi connectivity index (χ1n) is 8.59. The molecule has 0 aliphatic heterocycles. The van der Waals surface area contributed by atoms with Crippen LogP contribution in [0.5, 0.6) is 0 Å². The molecule has 0 aliphatic rings. The molecule has 1 aromatic heterocycles. The van der Waals surface area contributed by atoms with Crippen molar-refractivity contribution in [3.05, 3.63) is 53.1 Å². The lowest BCUT2D eigenvalue weighted by atomic mass is 10.1. The summed E-state index contributed by atoms with van der Waals surface area (Å²) in [6.07, 6.45) is 0. The Labute approximate surface area is 162 Å². The van der Waals surface area contributed by atoms with Gasteiger partial charge in [0.05, 0.1) is 10.2 Å². The van der Waals surface area contributed by atoms with Crippen LogP contribution in [0.4, 0.5) is 15.6 Å². The highest BCUT2D eigenvalue weighted by Gasteiger charge is 2.16. The van der Waals surface area contributed by atoms with Crippen LogP contribution in [0.15, 0.2) is 36.4 Å². The standard InChI is InChI=1S/C20H22N4O2S/c1-12-9-13(2)18(14(3)10-12)22-17(25)11-24(4)20(26)23-19-21-15-7-5-6-8-16(15)27-19/h5-10H,11H2,1-4H3,(H,22,25)(H,21,23,26). The summed E-state index contributed by atoms with van der Waals surface area (Å²) in [5.74, 6) is -0.244. The highest BCUT2D eigenvalue weighted by atomic mass is 32.1. The van der Waals surface area contributed by atoms with Crippen molar-refractivity contribution in [3.63, 3.8) is 0 Å². The van der Waals surface area contributed by atoms with Crippen molar-refractivity contribution in [2.24, 2.45) is 0 Å². The average molecular weight is 382 g/mol. The monoisotopic (exact) mass is 382 g/mol. The predicted molar refractivity (Wildman–Crippen MR) is 111 cm³/mol. The van der Waals surface area contributed by atoms with Gasteiger partial charge in [0.25, 0.3) is 0 Å². The van der Waals surface area contributed by atoms with Crippen LogP contribution in [0.1, 0.15) is 16.7 Å². The third kappa shape index (κ3) is 4.43. The number of nitrogens with zero attached hydrogens (tertiary/aromatic N) is 2. The summed E-state index contributed by atoms with van der Waals surface area (Å²) in [5.41, 5.74) is 4.79. The highest BCUT2D eigenvalue weighted by Crippen LogP contribution is 2.25. The van der Waals surface area contributed by atoms with Crippen LogP contribution in [-0.2, 0) is 4.79 Å². The van der Waals surface area contributed by atoms with Crippen molar-refractivity contribution >= 4 is 44.3 Å². The second kappa shape index (κ2) is 7.75. The van der Waals surface area contributed by atoms with Crippen LogP contribution in [0.2, 0.25) is 0 Å². The van der Waals surface area contributed by atoms with E-state index in [0.717, 1.165) is 32.6 Å². The van der Waals surface area contributed by atoms with Gasteiger partial charge in [0.1, 0.15) is 6.54 Å². The number of hydrogen-bond acceptors (Lipinski definition) is 4. The second-order valence-electron chi connectivity index (χ2n) is 6.59. The molecule has 0 saturated carbocycles. The van der Waals surface area contributed by atoms with E-state index in [1.165, 1.54) is 16.2 Å². The summed E-state index contributed by atoms with van der Waals surface area (Å²) in [6.45, 7) is 5.88. The Kier molecular flexibility index (Phi) is 5.41. The number of urea groups is 1. The number of benzene rings is 2. The minimum Gasteiger partial charge on any atom is -0.324 e. The first-order chi connectivity index (χ1) is 12.8. The van der Waals surface area contributed by atoms with E-state index >= 15 is 0 Å². The van der Waals surface area contributed by atoms with Crippen molar-refractivity contribution in [1.82, 2.24) is 9.88 Å². The number of anilines is 2. The Morgan fingerprint density at radius 1 is 1.07 bits per heavy atom. The molecule has 0 bridgehead atoms. The van der Waals surface area contributed by atoms with Gasteiger partial charge in [-0.15, -0.1) is 0 Å². The maximum absolute atomic E-state index is 12.4. The molecule has 0 saturated heterocycles. The Bertz CT molecular complexity index is 956. The first kappa shape index (κ1) is 18.8. The lowest BCUT2D eigenvalue weighted by Crippen LogP contribution is -2.37. The van der Waals surface area contributed by atoms with Gasteiger partial charge in [-0.1, -0.05) is 41.2 Å². The van der Waals surface area contributed by atoms with Crippen molar-refractivity contribution in [1.29, 1.82) is 0 Å². The zero-order valence-electron chi connectivity index (χ0n) is 15.8. The summed E-state index contributed by atoms with van der Waals surface area (Å²) in [5, 5.41) is 6.16. The number of likely N-dealkylation sites (N-methyl/N-ethyl adjacent to an activating group) is 1. The molecule has 3 rings (SSSR count). The zero-order chi connectivity index (χ0) is 19.6. The Morgan fingerprint density at radius 3 is 2.41 bits per heavy atom. The van der Waals surface area contributed by atoms with Gasteiger partial charge in [-0.2, -0.15) is 0 Å². The Hall–Kier alpha value is -2.93. The average Bonchev–Trinajstić information content (AvgIpc) is 3.00. The number of amides is 3. The second-order valence-corrected chi connectivity index (χ2v) is 7.63. The molecule has 27 heavy (non-hydrogen) atoms. The molecule has 0 unspecified atom stereocenters. The van der Waals surface area contributed by atoms with Gasteiger partial charge in [-0.3, -0.25) is 10.1 Å². The minimum atomic E-state index is -0.374. The third-order valence-corrected chi connectivity index (χ3v) is 5.13. The molecular weight excluding hydrogens is 360 g/mol. The van der Waals surface area contributed by atoms with Crippen molar-refractivity contribution < 1.29 is 9.59 Å². The van der Waals surface area contributed by atoms with E-state index in [2.05, 4.69) is 15.6 Å². The third-order valence-electron chi connectivity index (χ3n) is 4.18. The van der Waals surface area contributed by atoms with E-state index in [-0.39, 0.29) is 18.5 Å². The van der Waals surface area contributed by atoms with Crippen LogP contribution in [-0.4, -0.2) is 35.4 Å². The maximum atomic E-state index is 12.4. The number of para-hydroxylation sites is 1. The van der Waals surface area contributed by atoms with Gasteiger partial charge in [0.15, 0.2) is 5.13 Å². The van der Waals surface area contributed by atoms with Gasteiger partial charge >= 0.3 is 6.03 Å². The van der Waals surface area contributed by atoms with E-state index in [0.29, 0.717) is 5.13 Å². The molecule has 1 heterocycles. The molecule has 3 aromatic rings. The normalized spacial score (nSPS) is 10.7. The Morgan fingerprint density at radius 2 is 1.74 bits per heavy atom. The van der Waals surface area contributed by atoms with Gasteiger partial charge in [0, 0.05) is 12.7 Å². The molecule has 2 N–H and O–H groups in total. The number of fused-ring (bicyclic) bond motifs is 1. The topological polar surface area (TPSA) is 74.3 Å². The van der Waals surface area contributed by atoms with Gasteiger partial charge < -0.3 is 10.2 Å². The van der Waals surface area contributed by atoms with Crippen LogP contribution in [0.25, 0.3) is 10.2 Å². The number of nitrogens with one attached hydrogen (secondary N) is 2. The van der Waals surface area contributed by atoms with Crippen LogP contribution < -0.4 is 10.6 Å². The SMILES string of the molecule is Cc1cc(C)c(NC(=O)CN(C)C(=O)Nc2nc3ccccc3s2)c(C)c1. The van der Waals surface area contributed by atoms with E-state index < -0.39 is 0 Å². The smallest absolute Gasteiger partial charge is 0.323 e. The first-order valence-corrected chi connectivity index (χ1v) is 9.40. The predicted octanol–water partition coefficient (Wildman–Crippen LogP) is 4.32. The number of hydrogen-bond donors (Lipinski definition) is 2. The molecule has 7 heteroatoms. The van der Waals surface area contributed by atoms with E-state index in [9.17, 15) is 9.59 Å². The molecule has 3 amide bonds. The number of aromatic nitrogens is 1. The summed E-state index contributed by atoms with van der Waals surface area (Å²) in [4.78, 5) is 30.4.